The van der Waals surface area contributed by atoms with E-state index in [1.165, 1.54) is 66.3 Å². The number of carbonyl (C=O) groups excluding carboxylic acids is 1. The van der Waals surface area contributed by atoms with Crippen LogP contribution in [0.5, 0.6) is 0 Å². The van der Waals surface area contributed by atoms with E-state index in [-0.39, 0.29) is 0 Å². The minimum absolute atomic E-state index is 0.315. The number of amides is 1. The third-order valence-corrected chi connectivity index (χ3v) is 8.24. The van der Waals surface area contributed by atoms with Crippen LogP contribution < -0.4 is 0 Å². The Hall–Kier alpha value is -2.17. The summed E-state index contributed by atoms with van der Waals surface area (Å²) in [6, 6.07) is 16.7. The zero-order chi connectivity index (χ0) is 23.3. The maximum Gasteiger partial charge on any atom is 0.236 e. The summed E-state index contributed by atoms with van der Waals surface area (Å²) in [5, 5.41) is 0. The van der Waals surface area contributed by atoms with Gasteiger partial charge < -0.3 is 4.90 Å². The van der Waals surface area contributed by atoms with Crippen LogP contribution in [-0.4, -0.2) is 65.9 Å². The highest BCUT2D eigenvalue weighted by Gasteiger charge is 2.28. The van der Waals surface area contributed by atoms with Gasteiger partial charge >= 0.3 is 0 Å². The van der Waals surface area contributed by atoms with Crippen molar-refractivity contribution in [1.29, 1.82) is 0 Å². The van der Waals surface area contributed by atoms with E-state index in [2.05, 4.69) is 64.1 Å². The van der Waals surface area contributed by atoms with E-state index in [0.717, 1.165) is 58.2 Å². The molecule has 0 aromatic heterocycles. The summed E-state index contributed by atoms with van der Waals surface area (Å²) in [6.07, 6.45) is 10.2. The van der Waals surface area contributed by atoms with Crippen LogP contribution >= 0.6 is 0 Å². The predicted octanol–water partition coefficient (Wildman–Crippen LogP) is 5.14. The maximum atomic E-state index is 13.0. The van der Waals surface area contributed by atoms with E-state index in [1.54, 1.807) is 0 Å². The summed E-state index contributed by atoms with van der Waals surface area (Å²) in [6.45, 7) is 8.57. The van der Waals surface area contributed by atoms with E-state index in [1.807, 2.05) is 0 Å². The van der Waals surface area contributed by atoms with Crippen LogP contribution in [0.3, 0.4) is 0 Å². The third-order valence-electron chi connectivity index (χ3n) is 8.24. The van der Waals surface area contributed by atoms with Gasteiger partial charge in [0.2, 0.25) is 5.91 Å². The Morgan fingerprint density at radius 1 is 0.853 bits per heavy atom. The summed E-state index contributed by atoms with van der Waals surface area (Å²) < 4.78 is 0. The molecular weight excluding hydrogens is 418 g/mol. The molecule has 0 unspecified atom stereocenters. The average molecular weight is 460 g/mol. The SMILES string of the molecule is CCCc1ccc(-c2ccc3c(c2)CCN(CC(=O)N2CCN(C4CCCCC4)CC2)C3)cc1. The fraction of sp³-hybridized carbons (Fsp3) is 0.567. The fourth-order valence-corrected chi connectivity index (χ4v) is 6.15. The molecule has 4 nitrogen and oxygen atoms in total. The Kier molecular flexibility index (Phi) is 7.66. The lowest BCUT2D eigenvalue weighted by Crippen LogP contribution is -2.54. The first-order valence-electron chi connectivity index (χ1n) is 13.6. The molecule has 1 saturated heterocycles. The highest BCUT2D eigenvalue weighted by atomic mass is 16.2. The molecule has 2 aliphatic heterocycles. The quantitative estimate of drug-likeness (QED) is 0.598. The second kappa shape index (κ2) is 11.0. The second-order valence-electron chi connectivity index (χ2n) is 10.6. The molecule has 2 heterocycles. The number of benzene rings is 2. The Bertz CT molecular complexity index is 956. The molecule has 2 fully saturated rings. The summed E-state index contributed by atoms with van der Waals surface area (Å²) in [4.78, 5) is 20.1. The predicted molar refractivity (Wildman–Crippen MR) is 140 cm³/mol. The largest absolute Gasteiger partial charge is 0.339 e. The lowest BCUT2D eigenvalue weighted by molar-refractivity contribution is -0.134. The van der Waals surface area contributed by atoms with Gasteiger partial charge in [0, 0.05) is 45.3 Å². The van der Waals surface area contributed by atoms with Crippen molar-refractivity contribution in [3.63, 3.8) is 0 Å². The monoisotopic (exact) mass is 459 g/mol. The van der Waals surface area contributed by atoms with Gasteiger partial charge in [0.05, 0.1) is 6.54 Å². The van der Waals surface area contributed by atoms with Crippen molar-refractivity contribution in [2.45, 2.75) is 70.9 Å². The highest BCUT2D eigenvalue weighted by Crippen LogP contribution is 2.27. The molecule has 0 bridgehead atoms. The molecule has 4 heteroatoms. The molecule has 1 amide bonds. The molecule has 182 valence electrons. The topological polar surface area (TPSA) is 26.8 Å². The van der Waals surface area contributed by atoms with E-state index in [4.69, 9.17) is 0 Å². The van der Waals surface area contributed by atoms with E-state index in [0.29, 0.717) is 12.5 Å². The van der Waals surface area contributed by atoms with Crippen molar-refractivity contribution in [2.75, 3.05) is 39.3 Å². The van der Waals surface area contributed by atoms with Crippen molar-refractivity contribution in [3.05, 3.63) is 59.2 Å². The van der Waals surface area contributed by atoms with Gasteiger partial charge in [0.25, 0.3) is 0 Å². The van der Waals surface area contributed by atoms with E-state index in [9.17, 15) is 4.79 Å². The van der Waals surface area contributed by atoms with E-state index >= 15 is 0 Å². The summed E-state index contributed by atoms with van der Waals surface area (Å²) in [7, 11) is 0. The highest BCUT2D eigenvalue weighted by molar-refractivity contribution is 5.78. The normalized spacial score (nSPS) is 20.3. The summed E-state index contributed by atoms with van der Waals surface area (Å²) in [5.74, 6) is 0.315. The van der Waals surface area contributed by atoms with Gasteiger partial charge in [-0.2, -0.15) is 0 Å². The number of fused-ring (bicyclic) bond motifs is 1. The Morgan fingerprint density at radius 3 is 2.32 bits per heavy atom. The first-order valence-corrected chi connectivity index (χ1v) is 13.6. The molecule has 3 aliphatic rings. The smallest absolute Gasteiger partial charge is 0.236 e. The second-order valence-corrected chi connectivity index (χ2v) is 10.6. The number of carbonyl (C=O) groups is 1. The number of hydrogen-bond donors (Lipinski definition) is 0. The van der Waals surface area contributed by atoms with Crippen molar-refractivity contribution in [2.24, 2.45) is 0 Å². The zero-order valence-electron chi connectivity index (χ0n) is 21.0. The van der Waals surface area contributed by atoms with Crippen LogP contribution in [0.25, 0.3) is 11.1 Å². The van der Waals surface area contributed by atoms with Gasteiger partial charge in [-0.05, 0) is 53.5 Å². The molecule has 34 heavy (non-hydrogen) atoms. The minimum atomic E-state index is 0.315. The van der Waals surface area contributed by atoms with Crippen molar-refractivity contribution >= 4 is 5.91 Å². The van der Waals surface area contributed by atoms with Crippen LogP contribution in [0.2, 0.25) is 0 Å². The molecular formula is C30H41N3O. The lowest BCUT2D eigenvalue weighted by atomic mass is 9.93. The summed E-state index contributed by atoms with van der Waals surface area (Å²) in [5.41, 5.74) is 6.85. The fourth-order valence-electron chi connectivity index (χ4n) is 6.15. The molecule has 1 aliphatic carbocycles. The van der Waals surface area contributed by atoms with Crippen LogP contribution in [0, 0.1) is 0 Å². The Morgan fingerprint density at radius 2 is 1.59 bits per heavy atom. The molecule has 5 rings (SSSR count). The van der Waals surface area contributed by atoms with Gasteiger partial charge in [-0.15, -0.1) is 0 Å². The summed E-state index contributed by atoms with van der Waals surface area (Å²) >= 11 is 0. The molecule has 2 aromatic carbocycles. The first kappa shape index (κ1) is 23.6. The Labute approximate surface area is 205 Å². The maximum absolute atomic E-state index is 13.0. The van der Waals surface area contributed by atoms with Gasteiger partial charge in [0.1, 0.15) is 0 Å². The third kappa shape index (κ3) is 5.55. The first-order chi connectivity index (χ1) is 16.7. The van der Waals surface area contributed by atoms with Gasteiger partial charge in [-0.1, -0.05) is 75.1 Å². The number of rotatable bonds is 6. The molecule has 1 saturated carbocycles. The lowest BCUT2D eigenvalue weighted by Gasteiger charge is -2.41. The van der Waals surface area contributed by atoms with Crippen molar-refractivity contribution < 1.29 is 4.79 Å². The van der Waals surface area contributed by atoms with Crippen LogP contribution in [0.1, 0.15) is 62.1 Å². The van der Waals surface area contributed by atoms with Crippen LogP contribution in [0.4, 0.5) is 0 Å². The number of hydrogen-bond acceptors (Lipinski definition) is 3. The molecule has 0 atom stereocenters. The average Bonchev–Trinajstić information content (AvgIpc) is 2.89. The van der Waals surface area contributed by atoms with Gasteiger partial charge in [-0.3, -0.25) is 14.6 Å². The van der Waals surface area contributed by atoms with Crippen molar-refractivity contribution in [3.8, 4) is 11.1 Å². The number of aryl methyl sites for hydroxylation is 1. The molecule has 0 N–H and O–H groups in total. The van der Waals surface area contributed by atoms with Gasteiger partial charge in [0.15, 0.2) is 0 Å². The molecule has 0 radical (unpaired) electrons. The number of nitrogens with zero attached hydrogens (tertiary/aromatic N) is 3. The van der Waals surface area contributed by atoms with Gasteiger partial charge in [-0.25, -0.2) is 0 Å². The molecule has 2 aromatic rings. The zero-order valence-corrected chi connectivity index (χ0v) is 21.0. The minimum Gasteiger partial charge on any atom is -0.339 e. The number of piperazine rings is 1. The van der Waals surface area contributed by atoms with Crippen molar-refractivity contribution in [1.82, 2.24) is 14.7 Å². The Balaban J connectivity index is 1.13. The van der Waals surface area contributed by atoms with Crippen LogP contribution in [-0.2, 0) is 24.2 Å². The van der Waals surface area contributed by atoms with Crippen LogP contribution in [0.15, 0.2) is 42.5 Å². The molecule has 0 spiro atoms. The van der Waals surface area contributed by atoms with E-state index < -0.39 is 0 Å². The standard InChI is InChI=1S/C30H41N3O/c1-2-6-24-9-11-25(12-10-24)26-13-14-28-22-31(16-15-27(28)21-26)23-30(34)33-19-17-32(18-20-33)29-7-4-3-5-8-29/h9-14,21,29H,2-8,15-20,22-23H2,1H3.